The maximum Gasteiger partial charge on any atom is 0.129 e. The van der Waals surface area contributed by atoms with Crippen molar-refractivity contribution in [2.24, 2.45) is 0 Å². The normalized spacial score (nSPS) is 16.1. The first-order valence-corrected chi connectivity index (χ1v) is 15.9. The summed E-state index contributed by atoms with van der Waals surface area (Å²) in [5.74, 6) is 0.674. The largest absolute Gasteiger partial charge is 0.512 e. The van der Waals surface area contributed by atoms with Gasteiger partial charge in [0.1, 0.15) is 17.0 Å². The number of benzene rings is 1. The van der Waals surface area contributed by atoms with E-state index in [4.69, 9.17) is 19.9 Å². The van der Waals surface area contributed by atoms with Crippen LogP contribution in [-0.2, 0) is 17.3 Å². The highest BCUT2D eigenvalue weighted by Gasteiger charge is 2.33. The zero-order chi connectivity index (χ0) is 29.0. The predicted molar refractivity (Wildman–Crippen MR) is 167 cm³/mol. The number of aromatic hydroxyl groups is 1. The lowest BCUT2D eigenvalue weighted by molar-refractivity contribution is 0.364. The van der Waals surface area contributed by atoms with Gasteiger partial charge in [0.2, 0.25) is 0 Å². The summed E-state index contributed by atoms with van der Waals surface area (Å²) in [6.45, 7) is 17.2. The molecule has 0 amide bonds. The topological polar surface area (TPSA) is 92.0 Å². The lowest BCUT2D eigenvalue weighted by Gasteiger charge is -2.26. The fourth-order valence-corrected chi connectivity index (χ4v) is 7.36. The van der Waals surface area contributed by atoms with E-state index in [0.717, 1.165) is 73.5 Å². The lowest BCUT2D eigenvalue weighted by atomic mass is 9.84. The minimum absolute atomic E-state index is 0.0487. The summed E-state index contributed by atoms with van der Waals surface area (Å²) >= 11 is 3.21. The number of phenols is 1. The van der Waals surface area contributed by atoms with E-state index in [9.17, 15) is 10.2 Å². The summed E-state index contributed by atoms with van der Waals surface area (Å²) in [5.41, 5.74) is 5.17. The van der Waals surface area contributed by atoms with E-state index in [1.165, 1.54) is 0 Å². The van der Waals surface area contributed by atoms with Crippen LogP contribution in [0.2, 0.25) is 0 Å². The van der Waals surface area contributed by atoms with Gasteiger partial charge in [-0.05, 0) is 24.5 Å². The van der Waals surface area contributed by atoms with Crippen LogP contribution in [0.4, 0.5) is 0 Å². The first kappa shape index (κ1) is 28.7. The van der Waals surface area contributed by atoms with Gasteiger partial charge in [-0.3, -0.25) is 0 Å². The number of aromatic nitrogens is 4. The number of allylic oxidation sites excluding steroid dienone is 1. The SMILES string of the molecule is CCCc1cc2nc3c(nc2c(-c2cnc(C(C)(C)C)s2)c1O)C(CCC)CC(O)=C3c1cnc(C(C)(C)C)s1. The maximum atomic E-state index is 11.6. The van der Waals surface area contributed by atoms with Crippen molar-refractivity contribution in [3.63, 3.8) is 0 Å². The van der Waals surface area contributed by atoms with Crippen LogP contribution in [0.15, 0.2) is 24.2 Å². The standard InChI is InChI=1S/C32H40N4O2S2/c1-9-11-17-14-20(37)23(21-15-33-29(39-21)31(3,4)5)27-25(17)36-26-19(35-27)13-18(12-10-2)28(38)24(26)22-16-34-30(40-22)32(6,7)8/h13,15-17,37-38H,9-12,14H2,1-8H3. The van der Waals surface area contributed by atoms with Crippen LogP contribution in [-0.4, -0.2) is 30.1 Å². The molecule has 1 aliphatic carbocycles. The van der Waals surface area contributed by atoms with Gasteiger partial charge in [-0.15, -0.1) is 22.7 Å². The second-order valence-electron chi connectivity index (χ2n) is 12.9. The van der Waals surface area contributed by atoms with E-state index >= 15 is 0 Å². The van der Waals surface area contributed by atoms with Crippen molar-refractivity contribution in [3.8, 4) is 16.2 Å². The minimum Gasteiger partial charge on any atom is -0.512 e. The summed E-state index contributed by atoms with van der Waals surface area (Å²) in [7, 11) is 0. The lowest BCUT2D eigenvalue weighted by Crippen LogP contribution is -2.16. The van der Waals surface area contributed by atoms with Gasteiger partial charge in [0.25, 0.3) is 0 Å². The van der Waals surface area contributed by atoms with Crippen molar-refractivity contribution in [1.82, 2.24) is 19.9 Å². The Kier molecular flexibility index (Phi) is 7.55. The Bertz CT molecular complexity index is 1600. The molecule has 40 heavy (non-hydrogen) atoms. The third-order valence-corrected chi connectivity index (χ3v) is 10.2. The number of aryl methyl sites for hydroxylation is 1. The second kappa shape index (κ2) is 10.5. The first-order valence-electron chi connectivity index (χ1n) is 14.3. The Morgan fingerprint density at radius 1 is 0.875 bits per heavy atom. The van der Waals surface area contributed by atoms with Crippen LogP contribution in [0.25, 0.3) is 27.0 Å². The molecule has 1 atom stereocenters. The molecule has 0 saturated carbocycles. The summed E-state index contributed by atoms with van der Waals surface area (Å²) < 4.78 is 0. The van der Waals surface area contributed by atoms with Crippen molar-refractivity contribution >= 4 is 39.3 Å². The fourth-order valence-electron chi connectivity index (χ4n) is 5.30. The van der Waals surface area contributed by atoms with Gasteiger partial charge in [0, 0.05) is 35.6 Å². The molecule has 0 saturated heterocycles. The molecule has 0 radical (unpaired) electrons. The molecule has 1 aromatic carbocycles. The number of hydrogen-bond acceptors (Lipinski definition) is 8. The molecular formula is C32H40N4O2S2. The molecular weight excluding hydrogens is 537 g/mol. The van der Waals surface area contributed by atoms with Crippen molar-refractivity contribution in [1.29, 1.82) is 0 Å². The smallest absolute Gasteiger partial charge is 0.129 e. The summed E-state index contributed by atoms with van der Waals surface area (Å²) in [5, 5.41) is 25.0. The second-order valence-corrected chi connectivity index (χ2v) is 15.0. The molecule has 3 aromatic heterocycles. The number of phenolic OH excluding ortho intramolecular Hbond substituents is 1. The molecule has 0 bridgehead atoms. The fraction of sp³-hybridized carbons (Fsp3) is 0.500. The average molecular weight is 577 g/mol. The van der Waals surface area contributed by atoms with Gasteiger partial charge in [0.05, 0.1) is 47.8 Å². The van der Waals surface area contributed by atoms with E-state index in [1.807, 2.05) is 18.5 Å². The van der Waals surface area contributed by atoms with Crippen molar-refractivity contribution < 1.29 is 10.2 Å². The van der Waals surface area contributed by atoms with E-state index in [-0.39, 0.29) is 22.5 Å². The van der Waals surface area contributed by atoms with Crippen LogP contribution >= 0.6 is 22.7 Å². The molecule has 1 unspecified atom stereocenters. The zero-order valence-corrected chi connectivity index (χ0v) is 26.5. The number of thiazole rings is 2. The molecule has 2 N–H and O–H groups in total. The molecule has 0 aliphatic heterocycles. The van der Waals surface area contributed by atoms with E-state index in [2.05, 4.69) is 55.4 Å². The average Bonchev–Trinajstić information content (AvgIpc) is 3.55. The molecule has 6 nitrogen and oxygen atoms in total. The Morgan fingerprint density at radius 3 is 2.08 bits per heavy atom. The Labute approximate surface area is 245 Å². The van der Waals surface area contributed by atoms with Gasteiger partial charge in [-0.2, -0.15) is 0 Å². The maximum absolute atomic E-state index is 11.6. The van der Waals surface area contributed by atoms with Gasteiger partial charge >= 0.3 is 0 Å². The first-order chi connectivity index (χ1) is 18.8. The molecule has 5 rings (SSSR count). The number of hydrogen-bond donors (Lipinski definition) is 2. The molecule has 0 spiro atoms. The monoisotopic (exact) mass is 576 g/mol. The van der Waals surface area contributed by atoms with E-state index < -0.39 is 0 Å². The third kappa shape index (κ3) is 5.16. The van der Waals surface area contributed by atoms with Crippen LogP contribution in [0, 0.1) is 0 Å². The van der Waals surface area contributed by atoms with E-state index in [1.54, 1.807) is 22.7 Å². The molecule has 0 fully saturated rings. The van der Waals surface area contributed by atoms with Crippen LogP contribution in [0.1, 0.15) is 119 Å². The molecule has 8 heteroatoms. The summed E-state index contributed by atoms with van der Waals surface area (Å²) in [6, 6.07) is 1.97. The Morgan fingerprint density at radius 2 is 1.50 bits per heavy atom. The highest BCUT2D eigenvalue weighted by molar-refractivity contribution is 7.15. The number of nitrogens with zero attached hydrogens (tertiary/aromatic N) is 4. The highest BCUT2D eigenvalue weighted by atomic mass is 32.1. The van der Waals surface area contributed by atoms with Crippen LogP contribution in [0.3, 0.4) is 0 Å². The predicted octanol–water partition coefficient (Wildman–Crippen LogP) is 9.07. The summed E-state index contributed by atoms with van der Waals surface area (Å²) in [6.07, 6.45) is 7.74. The minimum atomic E-state index is -0.0929. The van der Waals surface area contributed by atoms with Gasteiger partial charge in [0.15, 0.2) is 0 Å². The van der Waals surface area contributed by atoms with Gasteiger partial charge < -0.3 is 10.2 Å². The Balaban J connectivity index is 1.79. The number of aliphatic hydroxyl groups excluding tert-OH is 1. The number of fused-ring (bicyclic) bond motifs is 2. The van der Waals surface area contributed by atoms with Crippen molar-refractivity contribution in [2.75, 3.05) is 0 Å². The van der Waals surface area contributed by atoms with Crippen LogP contribution in [0.5, 0.6) is 5.75 Å². The van der Waals surface area contributed by atoms with Crippen LogP contribution < -0.4 is 0 Å². The van der Waals surface area contributed by atoms with Gasteiger partial charge in [-0.1, -0.05) is 68.2 Å². The van der Waals surface area contributed by atoms with E-state index in [0.29, 0.717) is 23.3 Å². The molecule has 4 aromatic rings. The quantitative estimate of drug-likeness (QED) is 0.238. The highest BCUT2D eigenvalue weighted by Crippen LogP contribution is 2.47. The molecule has 212 valence electrons. The van der Waals surface area contributed by atoms with Gasteiger partial charge in [-0.25, -0.2) is 19.9 Å². The third-order valence-electron chi connectivity index (χ3n) is 7.33. The van der Waals surface area contributed by atoms with Crippen molar-refractivity contribution in [3.05, 3.63) is 56.1 Å². The number of rotatable bonds is 6. The molecule has 3 heterocycles. The summed E-state index contributed by atoms with van der Waals surface area (Å²) in [4.78, 5) is 21.7. The number of aliphatic hydroxyl groups is 1. The zero-order valence-electron chi connectivity index (χ0n) is 24.8. The van der Waals surface area contributed by atoms with Crippen molar-refractivity contribution in [2.45, 2.75) is 104 Å². The Hall–Kier alpha value is -2.84. The molecule has 1 aliphatic rings.